The monoisotopic (exact) mass is 372 g/mol. The Balaban J connectivity index is 2.73. The average molecular weight is 373 g/mol. The Morgan fingerprint density at radius 2 is 2.04 bits per heavy atom. The minimum atomic E-state index is -0.515. The van der Waals surface area contributed by atoms with E-state index in [-0.39, 0.29) is 38.2 Å². The number of nitrogens with zero attached hydrogens (tertiary/aromatic N) is 2. The molecule has 0 fully saturated rings. The number of rotatable bonds is 5. The van der Waals surface area contributed by atoms with Crippen LogP contribution in [-0.2, 0) is 0 Å². The predicted octanol–water partition coefficient (Wildman–Crippen LogP) is 4.43. The van der Waals surface area contributed by atoms with Crippen LogP contribution >= 0.6 is 35.4 Å². The van der Waals surface area contributed by atoms with Crippen molar-refractivity contribution in [2.45, 2.75) is 26.3 Å². The normalized spacial score (nSPS) is 12.0. The van der Waals surface area contributed by atoms with E-state index in [0.717, 1.165) is 6.42 Å². The summed E-state index contributed by atoms with van der Waals surface area (Å²) in [7, 11) is 0. The molecule has 2 aromatic rings. The summed E-state index contributed by atoms with van der Waals surface area (Å²) in [4.78, 5) is 8.33. The standard InChI is InChI=1S/C15H15Cl2FN4S/c1-3-7(2)20-14-11(10-8(16)5-4-6-9(10)18)12(17)21-15(22-14)13(19)23/h4-7H,3H2,1-2H3,(H2,19,23)(H,20,21,22). The molecular weight excluding hydrogens is 358 g/mol. The Morgan fingerprint density at radius 3 is 2.61 bits per heavy atom. The highest BCUT2D eigenvalue weighted by Gasteiger charge is 2.22. The summed E-state index contributed by atoms with van der Waals surface area (Å²) in [5.41, 5.74) is 6.01. The lowest BCUT2D eigenvalue weighted by Crippen LogP contribution is -2.20. The van der Waals surface area contributed by atoms with Gasteiger partial charge < -0.3 is 11.1 Å². The van der Waals surface area contributed by atoms with Crippen molar-refractivity contribution in [1.82, 2.24) is 9.97 Å². The Hall–Kier alpha value is -1.50. The Morgan fingerprint density at radius 1 is 1.35 bits per heavy atom. The summed E-state index contributed by atoms with van der Waals surface area (Å²) in [6.07, 6.45) is 0.828. The number of aromatic nitrogens is 2. The van der Waals surface area contributed by atoms with Crippen molar-refractivity contribution in [3.8, 4) is 11.1 Å². The van der Waals surface area contributed by atoms with Gasteiger partial charge in [-0.25, -0.2) is 14.4 Å². The third kappa shape index (κ3) is 3.88. The van der Waals surface area contributed by atoms with Crippen LogP contribution in [0, 0.1) is 5.82 Å². The molecule has 1 aromatic carbocycles. The molecule has 2 rings (SSSR count). The molecule has 0 saturated heterocycles. The zero-order valence-corrected chi connectivity index (χ0v) is 14.9. The van der Waals surface area contributed by atoms with Crippen LogP contribution in [0.25, 0.3) is 11.1 Å². The van der Waals surface area contributed by atoms with Crippen molar-refractivity contribution in [3.05, 3.63) is 40.0 Å². The molecule has 8 heteroatoms. The second kappa shape index (κ2) is 7.38. The molecular formula is C15H15Cl2FN4S. The molecule has 1 unspecified atom stereocenters. The van der Waals surface area contributed by atoms with Crippen LogP contribution in [0.1, 0.15) is 26.1 Å². The first kappa shape index (κ1) is 17.8. The van der Waals surface area contributed by atoms with E-state index in [9.17, 15) is 4.39 Å². The third-order valence-electron chi connectivity index (χ3n) is 3.29. The lowest BCUT2D eigenvalue weighted by atomic mass is 10.1. The molecule has 3 N–H and O–H groups in total. The average Bonchev–Trinajstić information content (AvgIpc) is 2.48. The van der Waals surface area contributed by atoms with Gasteiger partial charge in [-0.15, -0.1) is 0 Å². The van der Waals surface area contributed by atoms with Gasteiger partial charge in [-0.3, -0.25) is 0 Å². The maximum atomic E-state index is 14.3. The number of hydrogen-bond donors (Lipinski definition) is 2. The molecule has 0 amide bonds. The van der Waals surface area contributed by atoms with E-state index in [0.29, 0.717) is 5.82 Å². The molecule has 0 bridgehead atoms. The van der Waals surface area contributed by atoms with Gasteiger partial charge in [0.25, 0.3) is 0 Å². The van der Waals surface area contributed by atoms with E-state index < -0.39 is 5.82 Å². The summed E-state index contributed by atoms with van der Waals surface area (Å²) in [5, 5.41) is 3.42. The summed E-state index contributed by atoms with van der Waals surface area (Å²) in [6, 6.07) is 4.46. The lowest BCUT2D eigenvalue weighted by molar-refractivity contribution is 0.631. The van der Waals surface area contributed by atoms with E-state index >= 15 is 0 Å². The molecule has 1 atom stereocenters. The van der Waals surface area contributed by atoms with Crippen LogP contribution in [0.4, 0.5) is 10.2 Å². The summed E-state index contributed by atoms with van der Waals surface area (Å²) >= 11 is 17.3. The lowest BCUT2D eigenvalue weighted by Gasteiger charge is -2.18. The minimum absolute atomic E-state index is 0.00489. The summed E-state index contributed by atoms with van der Waals surface area (Å²) in [5.74, 6) is -0.0561. The van der Waals surface area contributed by atoms with Crippen molar-refractivity contribution in [2.75, 3.05) is 5.32 Å². The van der Waals surface area contributed by atoms with Crippen molar-refractivity contribution in [1.29, 1.82) is 0 Å². The molecule has 0 spiro atoms. The number of anilines is 1. The Labute approximate surface area is 149 Å². The van der Waals surface area contributed by atoms with Gasteiger partial charge in [0.1, 0.15) is 21.8 Å². The fourth-order valence-corrected chi connectivity index (χ4v) is 2.55. The second-order valence-electron chi connectivity index (χ2n) is 4.98. The fraction of sp³-hybridized carbons (Fsp3) is 0.267. The van der Waals surface area contributed by atoms with Gasteiger partial charge in [-0.1, -0.05) is 48.4 Å². The number of thiocarbonyl (C=S) groups is 1. The SMILES string of the molecule is CCC(C)Nc1nc(C(N)=S)nc(Cl)c1-c1c(F)cccc1Cl. The first-order chi connectivity index (χ1) is 10.8. The number of hydrogen-bond acceptors (Lipinski definition) is 4. The molecule has 0 aliphatic carbocycles. The molecule has 0 saturated carbocycles. The van der Waals surface area contributed by atoms with Gasteiger partial charge >= 0.3 is 0 Å². The van der Waals surface area contributed by atoms with Crippen LogP contribution in [0.15, 0.2) is 18.2 Å². The third-order valence-corrected chi connectivity index (χ3v) is 4.06. The van der Waals surface area contributed by atoms with Crippen LogP contribution < -0.4 is 11.1 Å². The molecule has 0 aliphatic heterocycles. The van der Waals surface area contributed by atoms with Gasteiger partial charge in [0.05, 0.1) is 10.6 Å². The zero-order valence-electron chi connectivity index (χ0n) is 12.5. The van der Waals surface area contributed by atoms with Gasteiger partial charge in [0, 0.05) is 11.6 Å². The van der Waals surface area contributed by atoms with Gasteiger partial charge in [-0.2, -0.15) is 0 Å². The van der Waals surface area contributed by atoms with Crippen molar-refractivity contribution >= 4 is 46.2 Å². The maximum absolute atomic E-state index is 14.3. The maximum Gasteiger partial charge on any atom is 0.190 e. The van der Waals surface area contributed by atoms with Gasteiger partial charge in [-0.05, 0) is 25.5 Å². The quantitative estimate of drug-likeness (QED) is 0.600. The zero-order chi connectivity index (χ0) is 17.1. The topological polar surface area (TPSA) is 63.8 Å². The molecule has 0 aliphatic rings. The number of benzene rings is 1. The minimum Gasteiger partial charge on any atom is -0.387 e. The van der Waals surface area contributed by atoms with Crippen LogP contribution in [0.5, 0.6) is 0 Å². The first-order valence-corrected chi connectivity index (χ1v) is 8.09. The smallest absolute Gasteiger partial charge is 0.190 e. The predicted molar refractivity (Wildman–Crippen MR) is 96.7 cm³/mol. The van der Waals surface area contributed by atoms with Crippen molar-refractivity contribution in [2.24, 2.45) is 5.73 Å². The van der Waals surface area contributed by atoms with Crippen molar-refractivity contribution < 1.29 is 4.39 Å². The largest absolute Gasteiger partial charge is 0.387 e. The van der Waals surface area contributed by atoms with E-state index in [2.05, 4.69) is 15.3 Å². The molecule has 122 valence electrons. The second-order valence-corrected chi connectivity index (χ2v) is 6.18. The fourth-order valence-electron chi connectivity index (χ4n) is 1.94. The van der Waals surface area contributed by atoms with E-state index in [1.165, 1.54) is 12.1 Å². The number of nitrogens with one attached hydrogen (secondary N) is 1. The van der Waals surface area contributed by atoms with E-state index in [4.69, 9.17) is 41.2 Å². The van der Waals surface area contributed by atoms with Crippen LogP contribution in [0.2, 0.25) is 10.2 Å². The van der Waals surface area contributed by atoms with Crippen molar-refractivity contribution in [3.63, 3.8) is 0 Å². The number of halogens is 3. The number of nitrogens with two attached hydrogens (primary N) is 1. The van der Waals surface area contributed by atoms with E-state index in [1.54, 1.807) is 6.07 Å². The highest BCUT2D eigenvalue weighted by molar-refractivity contribution is 7.80. The highest BCUT2D eigenvalue weighted by atomic mass is 35.5. The van der Waals surface area contributed by atoms with E-state index in [1.807, 2.05) is 13.8 Å². The Bertz CT molecular complexity index is 734. The molecule has 1 heterocycles. The molecule has 0 radical (unpaired) electrons. The Kier molecular flexibility index (Phi) is 5.73. The highest BCUT2D eigenvalue weighted by Crippen LogP contribution is 2.39. The summed E-state index contributed by atoms with van der Waals surface area (Å²) < 4.78 is 14.3. The van der Waals surface area contributed by atoms with Crippen LogP contribution in [0.3, 0.4) is 0 Å². The van der Waals surface area contributed by atoms with Gasteiger partial charge in [0.15, 0.2) is 5.82 Å². The summed E-state index contributed by atoms with van der Waals surface area (Å²) in [6.45, 7) is 3.97. The molecule has 23 heavy (non-hydrogen) atoms. The van der Waals surface area contributed by atoms with Gasteiger partial charge in [0.2, 0.25) is 0 Å². The molecule has 1 aromatic heterocycles. The molecule has 4 nitrogen and oxygen atoms in total. The first-order valence-electron chi connectivity index (χ1n) is 6.93. The van der Waals surface area contributed by atoms with Crippen LogP contribution in [-0.4, -0.2) is 21.0 Å².